The van der Waals surface area contributed by atoms with E-state index in [4.69, 9.17) is 0 Å². The lowest BCUT2D eigenvalue weighted by Gasteiger charge is -2.06. The Balaban J connectivity index is 1.62. The van der Waals surface area contributed by atoms with E-state index in [1.54, 1.807) is 28.0 Å². The van der Waals surface area contributed by atoms with Gasteiger partial charge in [-0.15, -0.1) is 39.4 Å². The van der Waals surface area contributed by atoms with Crippen molar-refractivity contribution in [3.05, 3.63) is 62.7 Å². The van der Waals surface area contributed by atoms with Crippen LogP contribution in [-0.4, -0.2) is 24.1 Å². The third kappa shape index (κ3) is 3.25. The summed E-state index contributed by atoms with van der Waals surface area (Å²) in [4.78, 5) is 18.6. The second kappa shape index (κ2) is 7.18. The molecule has 0 aliphatic heterocycles. The Morgan fingerprint density at radius 1 is 1.31 bits per heavy atom. The number of rotatable bonds is 6. The summed E-state index contributed by atoms with van der Waals surface area (Å²) in [7, 11) is 0. The fourth-order valence-corrected chi connectivity index (χ4v) is 4.82. The van der Waals surface area contributed by atoms with E-state index in [1.165, 1.54) is 28.0 Å². The van der Waals surface area contributed by atoms with Crippen LogP contribution in [0.2, 0.25) is 0 Å². The van der Waals surface area contributed by atoms with Crippen LogP contribution in [0.15, 0.2) is 51.7 Å². The zero-order valence-electron chi connectivity index (χ0n) is 14.0. The molecule has 4 heterocycles. The van der Waals surface area contributed by atoms with E-state index in [0.29, 0.717) is 17.3 Å². The van der Waals surface area contributed by atoms with Crippen molar-refractivity contribution in [1.82, 2.24) is 24.1 Å². The molecule has 4 aromatic heterocycles. The molecule has 0 amide bonds. The van der Waals surface area contributed by atoms with E-state index in [0.717, 1.165) is 22.2 Å². The average Bonchev–Trinajstić information content (AvgIpc) is 3.33. The number of nitrogens with zero attached hydrogens (tertiary/aromatic N) is 5. The van der Waals surface area contributed by atoms with Crippen molar-refractivity contribution in [3.8, 4) is 11.4 Å². The minimum Gasteiger partial charge on any atom is -0.298 e. The SMILES string of the molecule is C=CCn1c(SCc2cc(=O)n3ccsc3n2)nnc1-c1csc(C)c1. The van der Waals surface area contributed by atoms with Crippen LogP contribution in [0.5, 0.6) is 0 Å². The summed E-state index contributed by atoms with van der Waals surface area (Å²) in [5.41, 5.74) is 1.74. The van der Waals surface area contributed by atoms with Gasteiger partial charge in [-0.3, -0.25) is 13.8 Å². The van der Waals surface area contributed by atoms with Gasteiger partial charge >= 0.3 is 0 Å². The Morgan fingerprint density at radius 3 is 2.96 bits per heavy atom. The van der Waals surface area contributed by atoms with E-state index in [1.807, 2.05) is 16.0 Å². The topological polar surface area (TPSA) is 65.1 Å². The number of aromatic nitrogens is 5. The molecule has 0 aliphatic rings. The number of fused-ring (bicyclic) bond motifs is 1. The number of hydrogen-bond donors (Lipinski definition) is 0. The molecule has 0 saturated heterocycles. The van der Waals surface area contributed by atoms with E-state index < -0.39 is 0 Å². The fourth-order valence-electron chi connectivity index (χ4n) is 2.56. The van der Waals surface area contributed by atoms with Gasteiger partial charge in [0.15, 0.2) is 15.9 Å². The Morgan fingerprint density at radius 2 is 2.19 bits per heavy atom. The highest BCUT2D eigenvalue weighted by molar-refractivity contribution is 7.98. The van der Waals surface area contributed by atoms with E-state index in [-0.39, 0.29) is 5.56 Å². The van der Waals surface area contributed by atoms with E-state index in [9.17, 15) is 4.79 Å². The van der Waals surface area contributed by atoms with Gasteiger partial charge < -0.3 is 0 Å². The molecule has 0 radical (unpaired) electrons. The molecule has 0 aliphatic carbocycles. The van der Waals surface area contributed by atoms with Crippen molar-refractivity contribution in [2.24, 2.45) is 0 Å². The standard InChI is InChI=1S/C17H15N5OS3/c1-3-4-22-15(12-7-11(2)25-9-12)19-20-17(22)26-10-13-8-14(23)21-5-6-24-16(21)18-13/h3,5-9H,1,4,10H2,2H3. The van der Waals surface area contributed by atoms with Gasteiger partial charge in [-0.2, -0.15) is 0 Å². The minimum atomic E-state index is -0.0613. The molecule has 4 aromatic rings. The van der Waals surface area contributed by atoms with Crippen LogP contribution in [0.1, 0.15) is 10.6 Å². The molecule has 4 rings (SSSR count). The van der Waals surface area contributed by atoms with E-state index in [2.05, 4.69) is 40.1 Å². The van der Waals surface area contributed by atoms with Crippen molar-refractivity contribution in [3.63, 3.8) is 0 Å². The quantitative estimate of drug-likeness (QED) is 0.363. The van der Waals surface area contributed by atoms with Gasteiger partial charge in [0.25, 0.3) is 5.56 Å². The molecule has 0 unspecified atom stereocenters. The maximum Gasteiger partial charge on any atom is 0.258 e. The molecule has 6 nitrogen and oxygen atoms in total. The van der Waals surface area contributed by atoms with Crippen LogP contribution < -0.4 is 5.56 Å². The smallest absolute Gasteiger partial charge is 0.258 e. The molecule has 9 heteroatoms. The Hall–Kier alpha value is -2.23. The zero-order chi connectivity index (χ0) is 18.1. The van der Waals surface area contributed by atoms with Crippen LogP contribution in [0.4, 0.5) is 0 Å². The summed E-state index contributed by atoms with van der Waals surface area (Å²) in [6.45, 7) is 6.53. The van der Waals surface area contributed by atoms with Crippen LogP contribution in [-0.2, 0) is 12.3 Å². The number of thiophene rings is 1. The lowest BCUT2D eigenvalue weighted by Crippen LogP contribution is -2.12. The molecule has 26 heavy (non-hydrogen) atoms. The predicted octanol–water partition coefficient (Wildman–Crippen LogP) is 3.86. The monoisotopic (exact) mass is 401 g/mol. The number of aryl methyl sites for hydroxylation is 1. The molecule has 0 N–H and O–H groups in total. The molecular weight excluding hydrogens is 386 g/mol. The molecule has 0 saturated carbocycles. The van der Waals surface area contributed by atoms with Gasteiger partial charge in [-0.1, -0.05) is 17.8 Å². The molecule has 0 spiro atoms. The fraction of sp³-hybridized carbons (Fsp3) is 0.176. The van der Waals surface area contributed by atoms with Gasteiger partial charge in [0.05, 0.1) is 5.69 Å². The number of thiazole rings is 1. The summed E-state index contributed by atoms with van der Waals surface area (Å²) in [6.07, 6.45) is 3.57. The first kappa shape index (κ1) is 17.2. The lowest BCUT2D eigenvalue weighted by molar-refractivity contribution is 0.731. The maximum absolute atomic E-state index is 12.1. The maximum atomic E-state index is 12.1. The number of allylic oxidation sites excluding steroid dienone is 1. The zero-order valence-corrected chi connectivity index (χ0v) is 16.4. The lowest BCUT2D eigenvalue weighted by atomic mass is 10.3. The first-order chi connectivity index (χ1) is 12.7. The molecule has 132 valence electrons. The highest BCUT2D eigenvalue weighted by Crippen LogP contribution is 2.28. The number of thioether (sulfide) groups is 1. The molecule has 0 aromatic carbocycles. The van der Waals surface area contributed by atoms with Crippen LogP contribution in [0.25, 0.3) is 16.3 Å². The summed E-state index contributed by atoms with van der Waals surface area (Å²) < 4.78 is 3.59. The van der Waals surface area contributed by atoms with Gasteiger partial charge in [0.1, 0.15) is 0 Å². The molecule has 0 bridgehead atoms. The third-order valence-corrected chi connectivity index (χ3v) is 6.34. The number of hydrogen-bond acceptors (Lipinski definition) is 7. The predicted molar refractivity (Wildman–Crippen MR) is 107 cm³/mol. The second-order valence-corrected chi connectivity index (χ2v) is 8.51. The van der Waals surface area contributed by atoms with Crippen LogP contribution in [0.3, 0.4) is 0 Å². The van der Waals surface area contributed by atoms with Gasteiger partial charge in [0.2, 0.25) is 0 Å². The summed E-state index contributed by atoms with van der Waals surface area (Å²) in [6, 6.07) is 3.68. The minimum absolute atomic E-state index is 0.0613. The largest absolute Gasteiger partial charge is 0.298 e. The summed E-state index contributed by atoms with van der Waals surface area (Å²) >= 11 is 4.66. The molecule has 0 atom stereocenters. The van der Waals surface area contributed by atoms with Crippen LogP contribution >= 0.6 is 34.4 Å². The summed E-state index contributed by atoms with van der Waals surface area (Å²) in [5, 5.41) is 13.4. The highest BCUT2D eigenvalue weighted by Gasteiger charge is 2.15. The van der Waals surface area contributed by atoms with Crippen LogP contribution in [0, 0.1) is 6.92 Å². The Bertz CT molecular complexity index is 1140. The van der Waals surface area contributed by atoms with Gasteiger partial charge in [-0.25, -0.2) is 4.98 Å². The molecular formula is C17H15N5OS3. The van der Waals surface area contributed by atoms with Crippen molar-refractivity contribution in [2.75, 3.05) is 0 Å². The van der Waals surface area contributed by atoms with Crippen molar-refractivity contribution >= 4 is 39.4 Å². The molecule has 0 fully saturated rings. The highest BCUT2D eigenvalue weighted by atomic mass is 32.2. The second-order valence-electron chi connectivity index (χ2n) is 5.58. The normalized spacial score (nSPS) is 11.3. The van der Waals surface area contributed by atoms with Crippen molar-refractivity contribution in [1.29, 1.82) is 0 Å². The van der Waals surface area contributed by atoms with E-state index >= 15 is 0 Å². The van der Waals surface area contributed by atoms with Crippen molar-refractivity contribution in [2.45, 2.75) is 24.4 Å². The Labute approximate surface area is 161 Å². The first-order valence-corrected chi connectivity index (χ1v) is 10.6. The first-order valence-electron chi connectivity index (χ1n) is 7.84. The van der Waals surface area contributed by atoms with Gasteiger partial charge in [-0.05, 0) is 13.0 Å². The summed E-state index contributed by atoms with van der Waals surface area (Å²) in [5.74, 6) is 1.39. The average molecular weight is 402 g/mol. The third-order valence-electron chi connectivity index (χ3n) is 3.72. The van der Waals surface area contributed by atoms with Gasteiger partial charge in [0, 0.05) is 45.8 Å². The van der Waals surface area contributed by atoms with Crippen molar-refractivity contribution < 1.29 is 0 Å². The Kier molecular flexibility index (Phi) is 4.75.